The highest BCUT2D eigenvalue weighted by molar-refractivity contribution is 6.06. The molecule has 0 aliphatic rings. The normalized spacial score (nSPS) is 10.7. The molecule has 27 heavy (non-hydrogen) atoms. The number of hydrogen-bond donors (Lipinski definition) is 2. The van der Waals surface area contributed by atoms with Crippen molar-refractivity contribution in [1.29, 1.82) is 0 Å². The molecule has 0 fully saturated rings. The second-order valence-electron chi connectivity index (χ2n) is 5.95. The Kier molecular flexibility index (Phi) is 4.59. The number of hydrogen-bond acceptors (Lipinski definition) is 5. The molecule has 0 aliphatic carbocycles. The third-order valence-corrected chi connectivity index (χ3v) is 4.22. The smallest absolute Gasteiger partial charge is 0.316 e. The Labute approximate surface area is 152 Å². The third kappa shape index (κ3) is 3.34. The number of nitrogens with one attached hydrogen (secondary N) is 2. The molecule has 9 heteroatoms. The van der Waals surface area contributed by atoms with E-state index in [1.165, 1.54) is 22.8 Å². The van der Waals surface area contributed by atoms with E-state index in [-0.39, 0.29) is 16.9 Å². The maximum atomic E-state index is 12.5. The van der Waals surface area contributed by atoms with Crippen LogP contribution in [0.2, 0.25) is 0 Å². The molecule has 1 amide bonds. The zero-order valence-electron chi connectivity index (χ0n) is 14.6. The number of aromatic nitrogens is 2. The van der Waals surface area contributed by atoms with Gasteiger partial charge in [0.25, 0.3) is 11.6 Å². The van der Waals surface area contributed by atoms with Crippen LogP contribution in [-0.2, 0) is 6.54 Å². The molecule has 0 bridgehead atoms. The quantitative estimate of drug-likeness (QED) is 0.414. The number of benzene rings is 2. The maximum Gasteiger partial charge on any atom is 0.316 e. The van der Waals surface area contributed by atoms with Gasteiger partial charge in [0.15, 0.2) is 0 Å². The lowest BCUT2D eigenvalue weighted by Crippen LogP contribution is -2.36. The number of nitrogens with zero attached hydrogens (tertiary/aromatic N) is 2. The standard InChI is InChI=1S/C18H16N4O5/c1-3-21-14-7-5-11(8-13(14)20-17(24)18(21)25)16(23)19-12-6-4-10(2)15(9-12)22(26)27/h4-9H,3H2,1-2H3,(H,19,23)(H,20,24). The second-order valence-corrected chi connectivity index (χ2v) is 5.95. The van der Waals surface area contributed by atoms with Crippen molar-refractivity contribution in [3.8, 4) is 0 Å². The molecule has 2 aromatic carbocycles. The van der Waals surface area contributed by atoms with Crippen LogP contribution in [0.3, 0.4) is 0 Å². The lowest BCUT2D eigenvalue weighted by molar-refractivity contribution is -0.385. The molecule has 0 aliphatic heterocycles. The van der Waals surface area contributed by atoms with Crippen LogP contribution in [0.15, 0.2) is 46.0 Å². The van der Waals surface area contributed by atoms with Crippen molar-refractivity contribution < 1.29 is 9.72 Å². The number of H-pyrrole nitrogens is 1. The van der Waals surface area contributed by atoms with E-state index >= 15 is 0 Å². The minimum atomic E-state index is -0.768. The first-order chi connectivity index (χ1) is 12.8. The fourth-order valence-corrected chi connectivity index (χ4v) is 2.82. The van der Waals surface area contributed by atoms with Gasteiger partial charge in [0, 0.05) is 29.4 Å². The lowest BCUT2D eigenvalue weighted by Gasteiger charge is -2.09. The maximum absolute atomic E-state index is 12.5. The van der Waals surface area contributed by atoms with Gasteiger partial charge in [0.2, 0.25) is 0 Å². The molecule has 1 heterocycles. The summed E-state index contributed by atoms with van der Waals surface area (Å²) in [6.07, 6.45) is 0. The minimum Gasteiger partial charge on any atom is -0.322 e. The van der Waals surface area contributed by atoms with Gasteiger partial charge >= 0.3 is 11.1 Å². The number of rotatable bonds is 4. The molecule has 0 saturated heterocycles. The van der Waals surface area contributed by atoms with Gasteiger partial charge in [0.05, 0.1) is 16.0 Å². The molecule has 9 nitrogen and oxygen atoms in total. The fraction of sp³-hybridized carbons (Fsp3) is 0.167. The molecular weight excluding hydrogens is 352 g/mol. The van der Waals surface area contributed by atoms with Crippen LogP contribution < -0.4 is 16.4 Å². The molecule has 0 radical (unpaired) electrons. The SMILES string of the molecule is CCn1c(=O)c(=O)[nH]c2cc(C(=O)Nc3ccc(C)c([N+](=O)[O-])c3)ccc21. The minimum absolute atomic E-state index is 0.0948. The highest BCUT2D eigenvalue weighted by atomic mass is 16.6. The first kappa shape index (κ1) is 18.1. The van der Waals surface area contributed by atoms with Crippen LogP contribution in [0.5, 0.6) is 0 Å². The van der Waals surface area contributed by atoms with Crippen LogP contribution in [0.4, 0.5) is 11.4 Å². The molecule has 138 valence electrons. The van der Waals surface area contributed by atoms with Crippen LogP contribution in [-0.4, -0.2) is 20.4 Å². The van der Waals surface area contributed by atoms with Gasteiger partial charge in [-0.1, -0.05) is 6.07 Å². The first-order valence-electron chi connectivity index (χ1n) is 8.15. The highest BCUT2D eigenvalue weighted by Crippen LogP contribution is 2.23. The van der Waals surface area contributed by atoms with E-state index in [0.29, 0.717) is 23.1 Å². The van der Waals surface area contributed by atoms with Gasteiger partial charge in [-0.15, -0.1) is 0 Å². The monoisotopic (exact) mass is 368 g/mol. The van der Waals surface area contributed by atoms with Crippen molar-refractivity contribution in [3.05, 3.63) is 78.3 Å². The second kappa shape index (κ2) is 6.87. The van der Waals surface area contributed by atoms with Crippen LogP contribution >= 0.6 is 0 Å². The Bertz CT molecular complexity index is 1190. The van der Waals surface area contributed by atoms with Crippen LogP contribution in [0, 0.1) is 17.0 Å². The molecule has 0 atom stereocenters. The van der Waals surface area contributed by atoms with Gasteiger partial charge in [-0.3, -0.25) is 24.5 Å². The van der Waals surface area contributed by atoms with E-state index in [4.69, 9.17) is 0 Å². The van der Waals surface area contributed by atoms with Gasteiger partial charge < -0.3 is 14.9 Å². The average Bonchev–Trinajstić information content (AvgIpc) is 2.63. The van der Waals surface area contributed by atoms with E-state index in [0.717, 1.165) is 0 Å². The zero-order valence-corrected chi connectivity index (χ0v) is 14.6. The Morgan fingerprint density at radius 3 is 2.63 bits per heavy atom. The average molecular weight is 368 g/mol. The Hall–Kier alpha value is -3.75. The summed E-state index contributed by atoms with van der Waals surface area (Å²) < 4.78 is 1.32. The Morgan fingerprint density at radius 2 is 1.96 bits per heavy atom. The third-order valence-electron chi connectivity index (χ3n) is 4.22. The van der Waals surface area contributed by atoms with E-state index in [9.17, 15) is 24.5 Å². The van der Waals surface area contributed by atoms with Crippen molar-refractivity contribution >= 4 is 28.3 Å². The summed E-state index contributed by atoms with van der Waals surface area (Å²) in [5.41, 5.74) is 0.340. The van der Waals surface area contributed by atoms with Crippen LogP contribution in [0.25, 0.3) is 11.0 Å². The molecular formula is C18H16N4O5. The van der Waals surface area contributed by atoms with Crippen molar-refractivity contribution in [3.63, 3.8) is 0 Å². The Morgan fingerprint density at radius 1 is 1.22 bits per heavy atom. The van der Waals surface area contributed by atoms with Gasteiger partial charge in [0.1, 0.15) is 0 Å². The molecule has 0 unspecified atom stereocenters. The molecule has 0 spiro atoms. The number of nitro benzene ring substituents is 1. The van der Waals surface area contributed by atoms with Gasteiger partial charge in [-0.05, 0) is 38.1 Å². The van der Waals surface area contributed by atoms with Crippen molar-refractivity contribution in [1.82, 2.24) is 9.55 Å². The number of fused-ring (bicyclic) bond motifs is 1. The van der Waals surface area contributed by atoms with Crippen molar-refractivity contribution in [2.75, 3.05) is 5.32 Å². The number of carbonyl (C=O) groups is 1. The van der Waals surface area contributed by atoms with Gasteiger partial charge in [-0.25, -0.2) is 0 Å². The summed E-state index contributed by atoms with van der Waals surface area (Å²) in [4.78, 5) is 49.1. The predicted molar refractivity (Wildman–Crippen MR) is 100 cm³/mol. The molecule has 3 aromatic rings. The predicted octanol–water partition coefficient (Wildman–Crippen LogP) is 2.18. The number of aryl methyl sites for hydroxylation is 2. The van der Waals surface area contributed by atoms with E-state index < -0.39 is 21.9 Å². The fourth-order valence-electron chi connectivity index (χ4n) is 2.82. The van der Waals surface area contributed by atoms with Crippen molar-refractivity contribution in [2.45, 2.75) is 20.4 Å². The van der Waals surface area contributed by atoms with E-state index in [2.05, 4.69) is 10.3 Å². The van der Waals surface area contributed by atoms with E-state index in [1.807, 2.05) is 0 Å². The number of aromatic amines is 1. The largest absolute Gasteiger partial charge is 0.322 e. The number of anilines is 1. The lowest BCUT2D eigenvalue weighted by atomic mass is 10.1. The molecule has 0 saturated carbocycles. The Balaban J connectivity index is 1.98. The summed E-state index contributed by atoms with van der Waals surface area (Å²) in [5.74, 6) is -0.495. The van der Waals surface area contributed by atoms with Crippen LogP contribution in [0.1, 0.15) is 22.8 Å². The molecule has 2 N–H and O–H groups in total. The molecule has 3 rings (SSSR count). The number of nitro groups is 1. The first-order valence-corrected chi connectivity index (χ1v) is 8.15. The number of carbonyl (C=O) groups excluding carboxylic acids is 1. The van der Waals surface area contributed by atoms with Gasteiger partial charge in [-0.2, -0.15) is 0 Å². The summed E-state index contributed by atoms with van der Waals surface area (Å²) in [6, 6.07) is 8.95. The topological polar surface area (TPSA) is 127 Å². The van der Waals surface area contributed by atoms with E-state index in [1.54, 1.807) is 32.0 Å². The zero-order chi connectivity index (χ0) is 19.7. The van der Waals surface area contributed by atoms with Crippen molar-refractivity contribution in [2.24, 2.45) is 0 Å². The summed E-state index contributed by atoms with van der Waals surface area (Å²) in [5, 5.41) is 13.6. The molecule has 1 aromatic heterocycles. The highest BCUT2D eigenvalue weighted by Gasteiger charge is 2.14. The summed E-state index contributed by atoms with van der Waals surface area (Å²) in [6.45, 7) is 3.67. The summed E-state index contributed by atoms with van der Waals surface area (Å²) in [7, 11) is 0. The summed E-state index contributed by atoms with van der Waals surface area (Å²) >= 11 is 0. The number of amides is 1.